The van der Waals surface area contributed by atoms with E-state index in [9.17, 15) is 5.26 Å². The van der Waals surface area contributed by atoms with Crippen LogP contribution in [0.2, 0.25) is 0 Å². The van der Waals surface area contributed by atoms with Crippen molar-refractivity contribution in [1.82, 2.24) is 10.6 Å². The zero-order valence-corrected chi connectivity index (χ0v) is 18.8. The normalized spacial score (nSPS) is 19.1. The monoisotopic (exact) mass is 429 g/mol. The van der Waals surface area contributed by atoms with Gasteiger partial charge in [0, 0.05) is 53.9 Å². The van der Waals surface area contributed by atoms with Crippen LogP contribution in [0.1, 0.15) is 42.9 Å². The molecular formula is C26H31N5O. The Kier molecular flexibility index (Phi) is 6.77. The molecule has 6 heteroatoms. The molecule has 2 aliphatic heterocycles. The van der Waals surface area contributed by atoms with E-state index in [1.54, 1.807) is 6.07 Å². The number of allylic oxidation sites excluding steroid dienone is 1. The summed E-state index contributed by atoms with van der Waals surface area (Å²) in [5.41, 5.74) is 4.42. The summed E-state index contributed by atoms with van der Waals surface area (Å²) in [6, 6.07) is 14.6. The minimum atomic E-state index is 0.402. The lowest BCUT2D eigenvalue weighted by Crippen LogP contribution is -2.37. The number of hydrogen-bond acceptors (Lipinski definition) is 6. The van der Waals surface area contributed by atoms with Crippen molar-refractivity contribution in [1.29, 1.82) is 10.7 Å². The van der Waals surface area contributed by atoms with Crippen LogP contribution < -0.4 is 20.3 Å². The van der Waals surface area contributed by atoms with Crippen molar-refractivity contribution in [2.24, 2.45) is 0 Å². The first-order valence-corrected chi connectivity index (χ1v) is 11.4. The molecule has 0 saturated carbocycles. The standard InChI is InChI=1S/C26H31N5O/c1-18-7-8-23-24(31(18)2)10-9-22(20(16-28)17-30-21-11-13-29-14-12-21)26(23)32-25-6-4-3-5-19(25)15-27/h3-6,9-10,16-18,21,28-30H,7-8,11-14H2,1-2H3/b20-17+,28-16?. The number of hydrogen-bond donors (Lipinski definition) is 3. The third-order valence-corrected chi connectivity index (χ3v) is 6.59. The maximum absolute atomic E-state index is 9.56. The maximum atomic E-state index is 9.56. The molecule has 2 aliphatic rings. The number of fused-ring (bicyclic) bond motifs is 1. The molecule has 2 aromatic rings. The summed E-state index contributed by atoms with van der Waals surface area (Å²) in [5, 5.41) is 24.6. The first-order chi connectivity index (χ1) is 15.6. The van der Waals surface area contributed by atoms with Crippen molar-refractivity contribution in [3.63, 3.8) is 0 Å². The van der Waals surface area contributed by atoms with E-state index in [1.807, 2.05) is 30.5 Å². The fraction of sp³-hybridized carbons (Fsp3) is 0.385. The van der Waals surface area contributed by atoms with Gasteiger partial charge in [-0.15, -0.1) is 0 Å². The lowest BCUT2D eigenvalue weighted by Gasteiger charge is -2.35. The quantitative estimate of drug-likeness (QED) is 0.591. The van der Waals surface area contributed by atoms with Gasteiger partial charge < -0.3 is 25.7 Å². The van der Waals surface area contributed by atoms with Gasteiger partial charge >= 0.3 is 0 Å². The average molecular weight is 430 g/mol. The molecule has 0 bridgehead atoms. The lowest BCUT2D eigenvalue weighted by molar-refractivity contribution is 0.420. The van der Waals surface area contributed by atoms with Crippen LogP contribution in [-0.2, 0) is 6.42 Å². The maximum Gasteiger partial charge on any atom is 0.145 e. The molecule has 0 amide bonds. The van der Waals surface area contributed by atoms with E-state index in [0.29, 0.717) is 23.4 Å². The minimum Gasteiger partial charge on any atom is -0.455 e. The molecular weight excluding hydrogens is 398 g/mol. The fourth-order valence-corrected chi connectivity index (χ4v) is 4.47. The lowest BCUT2D eigenvalue weighted by atomic mass is 9.92. The number of piperidine rings is 1. The van der Waals surface area contributed by atoms with E-state index in [2.05, 4.69) is 41.6 Å². The summed E-state index contributed by atoms with van der Waals surface area (Å²) in [7, 11) is 2.11. The van der Waals surface area contributed by atoms with Crippen LogP contribution in [0.25, 0.3) is 5.57 Å². The largest absolute Gasteiger partial charge is 0.455 e. The van der Waals surface area contributed by atoms with Crippen molar-refractivity contribution in [3.05, 3.63) is 59.3 Å². The van der Waals surface area contributed by atoms with Gasteiger partial charge in [-0.3, -0.25) is 0 Å². The highest BCUT2D eigenvalue weighted by molar-refractivity contribution is 6.09. The van der Waals surface area contributed by atoms with Crippen molar-refractivity contribution >= 4 is 17.5 Å². The summed E-state index contributed by atoms with van der Waals surface area (Å²) < 4.78 is 6.46. The van der Waals surface area contributed by atoms with Crippen LogP contribution in [0.3, 0.4) is 0 Å². The van der Waals surface area contributed by atoms with Crippen LogP contribution >= 0.6 is 0 Å². The van der Waals surface area contributed by atoms with Gasteiger partial charge in [-0.2, -0.15) is 5.26 Å². The third-order valence-electron chi connectivity index (χ3n) is 6.59. The van der Waals surface area contributed by atoms with Gasteiger partial charge in [-0.05, 0) is 70.0 Å². The van der Waals surface area contributed by atoms with E-state index >= 15 is 0 Å². The molecule has 0 radical (unpaired) electrons. The average Bonchev–Trinajstić information content (AvgIpc) is 2.83. The van der Waals surface area contributed by atoms with Gasteiger partial charge in [0.2, 0.25) is 0 Å². The second-order valence-corrected chi connectivity index (χ2v) is 8.58. The predicted molar refractivity (Wildman–Crippen MR) is 130 cm³/mol. The van der Waals surface area contributed by atoms with Crippen molar-refractivity contribution in [3.8, 4) is 17.6 Å². The van der Waals surface area contributed by atoms with Crippen molar-refractivity contribution in [2.45, 2.75) is 44.7 Å². The first-order valence-electron chi connectivity index (χ1n) is 11.4. The zero-order valence-electron chi connectivity index (χ0n) is 18.8. The van der Waals surface area contributed by atoms with Gasteiger partial charge in [-0.1, -0.05) is 12.1 Å². The molecule has 1 atom stereocenters. The molecule has 6 nitrogen and oxygen atoms in total. The van der Waals surface area contributed by atoms with Crippen LogP contribution in [0, 0.1) is 16.7 Å². The molecule has 1 unspecified atom stereocenters. The minimum absolute atomic E-state index is 0.402. The number of nitrogens with one attached hydrogen (secondary N) is 3. The first kappa shape index (κ1) is 21.9. The number of anilines is 1. The number of rotatable bonds is 6. The molecule has 0 aliphatic carbocycles. The molecule has 1 saturated heterocycles. The number of ether oxygens (including phenoxy) is 1. The molecule has 166 valence electrons. The molecule has 32 heavy (non-hydrogen) atoms. The smallest absolute Gasteiger partial charge is 0.145 e. The molecule has 2 aromatic carbocycles. The Labute approximate surface area is 190 Å². The predicted octanol–water partition coefficient (Wildman–Crippen LogP) is 4.45. The third kappa shape index (κ3) is 4.49. The summed E-state index contributed by atoms with van der Waals surface area (Å²) >= 11 is 0. The number of nitriles is 1. The van der Waals surface area contributed by atoms with Gasteiger partial charge in [0.05, 0.1) is 5.56 Å². The summed E-state index contributed by atoms with van der Waals surface area (Å²) in [6.45, 7) is 4.25. The Morgan fingerprint density at radius 3 is 2.75 bits per heavy atom. The molecule has 4 rings (SSSR count). The summed E-state index contributed by atoms with van der Waals surface area (Å²) in [6.07, 6.45) is 7.38. The second kappa shape index (κ2) is 9.88. The number of nitrogens with zero attached hydrogens (tertiary/aromatic N) is 2. The Balaban J connectivity index is 1.77. The van der Waals surface area contributed by atoms with Gasteiger partial charge in [0.1, 0.15) is 17.6 Å². The Bertz CT molecular complexity index is 1050. The molecule has 0 spiro atoms. The molecule has 3 N–H and O–H groups in total. The SMILES string of the molecule is CC1CCc2c(ccc(/C(C=N)=C/NC3CCNCC3)c2Oc2ccccc2C#N)N1C. The van der Waals surface area contributed by atoms with E-state index < -0.39 is 0 Å². The van der Waals surface area contributed by atoms with Crippen molar-refractivity contribution < 1.29 is 4.74 Å². The second-order valence-electron chi connectivity index (χ2n) is 8.58. The Hall–Kier alpha value is -3.30. The van der Waals surface area contributed by atoms with Crippen LogP contribution in [0.5, 0.6) is 11.5 Å². The number of para-hydroxylation sites is 1. The fourth-order valence-electron chi connectivity index (χ4n) is 4.47. The van der Waals surface area contributed by atoms with Crippen LogP contribution in [-0.4, -0.2) is 38.4 Å². The highest BCUT2D eigenvalue weighted by Crippen LogP contribution is 2.42. The van der Waals surface area contributed by atoms with Gasteiger partial charge in [-0.25, -0.2) is 0 Å². The molecule has 0 aromatic heterocycles. The van der Waals surface area contributed by atoms with E-state index in [1.165, 1.54) is 6.21 Å². The Morgan fingerprint density at radius 2 is 2.00 bits per heavy atom. The van der Waals surface area contributed by atoms with E-state index in [4.69, 9.17) is 10.1 Å². The van der Waals surface area contributed by atoms with Crippen LogP contribution in [0.4, 0.5) is 5.69 Å². The van der Waals surface area contributed by atoms with Crippen LogP contribution in [0.15, 0.2) is 42.6 Å². The number of benzene rings is 2. The van der Waals surface area contributed by atoms with E-state index in [0.717, 1.165) is 66.9 Å². The molecule has 1 fully saturated rings. The molecule has 2 heterocycles. The van der Waals surface area contributed by atoms with Gasteiger partial charge in [0.15, 0.2) is 0 Å². The van der Waals surface area contributed by atoms with E-state index in [-0.39, 0.29) is 0 Å². The summed E-state index contributed by atoms with van der Waals surface area (Å²) in [4.78, 5) is 2.28. The highest BCUT2D eigenvalue weighted by Gasteiger charge is 2.26. The zero-order chi connectivity index (χ0) is 22.5. The summed E-state index contributed by atoms with van der Waals surface area (Å²) in [5.74, 6) is 1.28. The highest BCUT2D eigenvalue weighted by atomic mass is 16.5. The Morgan fingerprint density at radius 1 is 1.22 bits per heavy atom. The van der Waals surface area contributed by atoms with Crippen molar-refractivity contribution in [2.75, 3.05) is 25.0 Å². The van der Waals surface area contributed by atoms with Gasteiger partial charge in [0.25, 0.3) is 0 Å². The topological polar surface area (TPSA) is 84.2 Å².